The Hall–Kier alpha value is -9.58. The van der Waals surface area contributed by atoms with Crippen LogP contribution in [0.2, 0.25) is 0 Å². The van der Waals surface area contributed by atoms with Crippen LogP contribution in [0.4, 0.5) is 17.1 Å². The molecule has 5 nitrogen and oxygen atoms in total. The zero-order chi connectivity index (χ0) is 46.6. The molecule has 0 amide bonds. The van der Waals surface area contributed by atoms with Gasteiger partial charge in [-0.3, -0.25) is 0 Å². The number of ether oxygens (including phenoxy) is 1. The van der Waals surface area contributed by atoms with E-state index in [1.165, 1.54) is 43.6 Å². The van der Waals surface area contributed by atoms with Crippen molar-refractivity contribution in [2.75, 3.05) is 4.90 Å². The standard InChI is InChI=1S/C66H42N4O/c1-4-18-47(19-5-1)67-56-27-13-10-24-51(56)53-34-32-43(41-62(53)67)45-38-46(44-33-35-54-52-25-11-14-28-57(52)68(63(54)42-44)48-20-6-2-7-21-48)40-50(39-45)70-58-29-15-12-26-55(58)65-60(70)36-37-61-66(65)71-64-31-17-16-30-59(64)69(61)49-22-8-3-9-23-49/h1-42H. The molecule has 14 aromatic rings. The van der Waals surface area contributed by atoms with Gasteiger partial charge in [0, 0.05) is 49.7 Å². The molecule has 1 aliphatic heterocycles. The summed E-state index contributed by atoms with van der Waals surface area (Å²) >= 11 is 0. The predicted molar refractivity (Wildman–Crippen MR) is 295 cm³/mol. The number of aromatic nitrogens is 3. The average molecular weight is 907 g/mol. The van der Waals surface area contributed by atoms with Crippen LogP contribution < -0.4 is 9.64 Å². The largest absolute Gasteiger partial charge is 0.452 e. The van der Waals surface area contributed by atoms with Crippen LogP contribution in [0.25, 0.3) is 105 Å². The number of anilines is 3. The molecule has 15 rings (SSSR count). The normalized spacial score (nSPS) is 12.3. The topological polar surface area (TPSA) is 27.3 Å². The summed E-state index contributed by atoms with van der Waals surface area (Å²) in [6.07, 6.45) is 0. The molecule has 4 heterocycles. The van der Waals surface area contributed by atoms with Crippen LogP contribution >= 0.6 is 0 Å². The summed E-state index contributed by atoms with van der Waals surface area (Å²) in [5, 5.41) is 7.12. The second-order valence-electron chi connectivity index (χ2n) is 18.5. The fourth-order valence-corrected chi connectivity index (χ4v) is 11.5. The van der Waals surface area contributed by atoms with Gasteiger partial charge < -0.3 is 23.3 Å². The predicted octanol–water partition coefficient (Wildman–Crippen LogP) is 17.9. The maximum atomic E-state index is 7.05. The van der Waals surface area contributed by atoms with Gasteiger partial charge in [0.1, 0.15) is 0 Å². The van der Waals surface area contributed by atoms with E-state index in [1.54, 1.807) is 0 Å². The highest BCUT2D eigenvalue weighted by molar-refractivity contribution is 6.16. The van der Waals surface area contributed by atoms with Crippen molar-refractivity contribution in [3.05, 3.63) is 255 Å². The highest BCUT2D eigenvalue weighted by Crippen LogP contribution is 2.55. The Morgan fingerprint density at radius 3 is 1.28 bits per heavy atom. The molecule has 0 bridgehead atoms. The number of hydrogen-bond donors (Lipinski definition) is 0. The molecule has 0 N–H and O–H groups in total. The van der Waals surface area contributed by atoms with Crippen molar-refractivity contribution in [2.24, 2.45) is 0 Å². The van der Waals surface area contributed by atoms with Gasteiger partial charge in [-0.05, 0) is 131 Å². The van der Waals surface area contributed by atoms with Gasteiger partial charge in [-0.25, -0.2) is 0 Å². The minimum absolute atomic E-state index is 0.823. The fraction of sp³-hybridized carbons (Fsp3) is 0. The Labute approximate surface area is 409 Å². The second-order valence-corrected chi connectivity index (χ2v) is 18.5. The second kappa shape index (κ2) is 15.5. The summed E-state index contributed by atoms with van der Waals surface area (Å²) in [5.74, 6) is 1.67. The van der Waals surface area contributed by atoms with E-state index in [9.17, 15) is 0 Å². The van der Waals surface area contributed by atoms with Gasteiger partial charge in [0.05, 0.1) is 49.9 Å². The maximum Gasteiger partial charge on any atom is 0.161 e. The quantitative estimate of drug-likeness (QED) is 0.166. The van der Waals surface area contributed by atoms with Crippen molar-refractivity contribution < 1.29 is 4.74 Å². The van der Waals surface area contributed by atoms with E-state index in [4.69, 9.17) is 4.74 Å². The molecule has 3 aromatic heterocycles. The summed E-state index contributed by atoms with van der Waals surface area (Å²) in [7, 11) is 0. The molecular weight excluding hydrogens is 865 g/mol. The minimum Gasteiger partial charge on any atom is -0.452 e. The first-order valence-electron chi connectivity index (χ1n) is 24.3. The maximum absolute atomic E-state index is 7.05. The third-order valence-electron chi connectivity index (χ3n) is 14.6. The SMILES string of the molecule is c1ccc(N2c3ccccc3Oc3c2ccc2c3c3ccccc3n2-c2cc(-c3ccc4c5ccccc5n(-c5ccccc5)c4c3)cc(-c3ccc4c5ccccc5n(-c5ccccc5)c4c3)c2)cc1. The molecule has 0 spiro atoms. The number of rotatable bonds is 6. The molecule has 0 saturated heterocycles. The first-order valence-corrected chi connectivity index (χ1v) is 24.3. The van der Waals surface area contributed by atoms with Crippen LogP contribution in [-0.2, 0) is 0 Å². The van der Waals surface area contributed by atoms with Crippen LogP contribution in [-0.4, -0.2) is 13.7 Å². The lowest BCUT2D eigenvalue weighted by atomic mass is 9.96. The van der Waals surface area contributed by atoms with Crippen molar-refractivity contribution in [2.45, 2.75) is 0 Å². The summed E-state index contributed by atoms with van der Waals surface area (Å²) in [4.78, 5) is 2.33. The summed E-state index contributed by atoms with van der Waals surface area (Å²) < 4.78 is 14.3. The van der Waals surface area contributed by atoms with Crippen LogP contribution in [0.5, 0.6) is 11.5 Å². The van der Waals surface area contributed by atoms with Gasteiger partial charge in [-0.15, -0.1) is 0 Å². The van der Waals surface area contributed by atoms with Gasteiger partial charge in [-0.2, -0.15) is 0 Å². The Kier molecular flexibility index (Phi) is 8.59. The summed E-state index contributed by atoms with van der Waals surface area (Å²) in [6.45, 7) is 0. The van der Waals surface area contributed by atoms with Gasteiger partial charge in [0.2, 0.25) is 0 Å². The van der Waals surface area contributed by atoms with Gasteiger partial charge in [0.15, 0.2) is 11.5 Å². The van der Waals surface area contributed by atoms with Crippen LogP contribution in [0.1, 0.15) is 0 Å². The highest BCUT2D eigenvalue weighted by atomic mass is 16.5. The molecule has 0 saturated carbocycles. The molecule has 1 aliphatic rings. The van der Waals surface area contributed by atoms with E-state index in [1.807, 2.05) is 0 Å². The lowest BCUT2D eigenvalue weighted by Gasteiger charge is -2.33. The van der Waals surface area contributed by atoms with Crippen molar-refractivity contribution in [3.63, 3.8) is 0 Å². The molecule has 0 aliphatic carbocycles. The van der Waals surface area contributed by atoms with Crippen molar-refractivity contribution >= 4 is 82.5 Å². The molecule has 71 heavy (non-hydrogen) atoms. The summed E-state index contributed by atoms with van der Waals surface area (Å²) in [6, 6.07) is 92.3. The van der Waals surface area contributed by atoms with Gasteiger partial charge in [-0.1, -0.05) is 146 Å². The number of hydrogen-bond acceptors (Lipinski definition) is 2. The molecule has 0 fully saturated rings. The van der Waals surface area contributed by atoms with Crippen LogP contribution in [0.15, 0.2) is 255 Å². The number of fused-ring (bicyclic) bond motifs is 12. The molecule has 0 unspecified atom stereocenters. The Morgan fingerprint density at radius 2 is 0.704 bits per heavy atom. The molecule has 11 aromatic carbocycles. The number of benzene rings is 11. The minimum atomic E-state index is 0.823. The van der Waals surface area contributed by atoms with Crippen molar-refractivity contribution in [3.8, 4) is 50.8 Å². The van der Waals surface area contributed by atoms with Gasteiger partial charge >= 0.3 is 0 Å². The lowest BCUT2D eigenvalue weighted by Crippen LogP contribution is -2.15. The van der Waals surface area contributed by atoms with E-state index in [-0.39, 0.29) is 0 Å². The third kappa shape index (κ3) is 6.00. The van der Waals surface area contributed by atoms with Crippen LogP contribution in [0, 0.1) is 0 Å². The van der Waals surface area contributed by atoms with Crippen molar-refractivity contribution in [1.82, 2.24) is 13.7 Å². The monoisotopic (exact) mass is 906 g/mol. The molecule has 0 radical (unpaired) electrons. The van der Waals surface area contributed by atoms with E-state index in [0.29, 0.717) is 0 Å². The van der Waals surface area contributed by atoms with E-state index >= 15 is 0 Å². The lowest BCUT2D eigenvalue weighted by molar-refractivity contribution is 0.483. The highest BCUT2D eigenvalue weighted by Gasteiger charge is 2.30. The molecule has 0 atom stereocenters. The van der Waals surface area contributed by atoms with Crippen LogP contribution in [0.3, 0.4) is 0 Å². The zero-order valence-corrected chi connectivity index (χ0v) is 38.4. The van der Waals surface area contributed by atoms with E-state index in [0.717, 1.165) is 89.7 Å². The Balaban J connectivity index is 1.00. The molecule has 5 heteroatoms. The fourth-order valence-electron chi connectivity index (χ4n) is 11.5. The van der Waals surface area contributed by atoms with Gasteiger partial charge in [0.25, 0.3) is 0 Å². The Morgan fingerprint density at radius 1 is 0.254 bits per heavy atom. The average Bonchev–Trinajstić information content (AvgIpc) is 4.08. The smallest absolute Gasteiger partial charge is 0.161 e. The number of para-hydroxylation sites is 8. The first-order chi connectivity index (χ1) is 35.2. The molecular formula is C66H42N4O. The number of nitrogens with zero attached hydrogens (tertiary/aromatic N) is 4. The first kappa shape index (κ1) is 39.4. The third-order valence-corrected chi connectivity index (χ3v) is 14.6. The zero-order valence-electron chi connectivity index (χ0n) is 38.4. The Bertz CT molecular complexity index is 4250. The molecule has 332 valence electrons. The van der Waals surface area contributed by atoms with E-state index < -0.39 is 0 Å². The van der Waals surface area contributed by atoms with Crippen molar-refractivity contribution in [1.29, 1.82) is 0 Å². The summed E-state index contributed by atoms with van der Waals surface area (Å²) in [5.41, 5.74) is 17.8. The van der Waals surface area contributed by atoms with E-state index in [2.05, 4.69) is 273 Å².